The van der Waals surface area contributed by atoms with Crippen molar-refractivity contribution in [2.24, 2.45) is 11.8 Å². The fourth-order valence-corrected chi connectivity index (χ4v) is 2.66. The van der Waals surface area contributed by atoms with Crippen LogP contribution in [0.25, 0.3) is 0 Å². The molecule has 1 aliphatic carbocycles. The van der Waals surface area contributed by atoms with Crippen LogP contribution in [-0.4, -0.2) is 17.5 Å². The molecule has 0 spiro atoms. The molecule has 1 aromatic rings. The zero-order chi connectivity index (χ0) is 15.4. The Balaban J connectivity index is 2.39. The second-order valence-electron chi connectivity index (χ2n) is 5.62. The quantitative estimate of drug-likeness (QED) is 0.478. The molecular weight excluding hydrogens is 268 g/mol. The summed E-state index contributed by atoms with van der Waals surface area (Å²) < 4.78 is 5.40. The van der Waals surface area contributed by atoms with Crippen molar-refractivity contribution in [3.05, 3.63) is 22.4 Å². The number of pyridine rings is 1. The third-order valence-corrected chi connectivity index (χ3v) is 3.53. The van der Waals surface area contributed by atoms with E-state index in [0.717, 1.165) is 36.9 Å². The number of rotatable bonds is 5. The molecule has 0 saturated heterocycles. The second kappa shape index (κ2) is 6.55. The van der Waals surface area contributed by atoms with Crippen molar-refractivity contribution < 1.29 is 9.53 Å². The minimum atomic E-state index is -0.452. The first-order valence-corrected chi connectivity index (χ1v) is 7.13. The minimum absolute atomic E-state index is 0.238. The summed E-state index contributed by atoms with van der Waals surface area (Å²) >= 11 is 0. The highest BCUT2D eigenvalue weighted by Gasteiger charge is 2.24. The molecule has 1 heterocycles. The van der Waals surface area contributed by atoms with Gasteiger partial charge in [-0.15, -0.1) is 0 Å². The van der Waals surface area contributed by atoms with Crippen molar-refractivity contribution in [2.75, 3.05) is 6.61 Å². The Kier molecular flexibility index (Phi) is 4.76. The van der Waals surface area contributed by atoms with Crippen LogP contribution >= 0.6 is 0 Å². The highest BCUT2D eigenvalue weighted by Crippen LogP contribution is 2.33. The van der Waals surface area contributed by atoms with Crippen molar-refractivity contribution in [3.63, 3.8) is 0 Å². The van der Waals surface area contributed by atoms with Crippen molar-refractivity contribution in [2.45, 2.75) is 39.5 Å². The van der Waals surface area contributed by atoms with Crippen molar-refractivity contribution in [3.8, 4) is 11.9 Å². The number of hydrazine groups is 1. The van der Waals surface area contributed by atoms with Gasteiger partial charge in [-0.2, -0.15) is 5.26 Å². The van der Waals surface area contributed by atoms with Crippen molar-refractivity contribution in [1.29, 1.82) is 5.26 Å². The van der Waals surface area contributed by atoms with Crippen LogP contribution in [0, 0.1) is 17.2 Å². The molecule has 0 unspecified atom stereocenters. The zero-order valence-electron chi connectivity index (χ0n) is 12.4. The van der Waals surface area contributed by atoms with Crippen LogP contribution in [0.15, 0.2) is 0 Å². The number of ether oxygens (including phenoxy) is 1. The number of fused-ring (bicyclic) bond motifs is 1. The normalized spacial score (nSPS) is 12.9. The number of amides is 1. The average molecular weight is 288 g/mol. The summed E-state index contributed by atoms with van der Waals surface area (Å²) in [7, 11) is 0. The maximum Gasteiger partial charge on any atom is 0.271 e. The van der Waals surface area contributed by atoms with Gasteiger partial charge in [0.2, 0.25) is 5.88 Å². The first kappa shape index (κ1) is 15.3. The van der Waals surface area contributed by atoms with Gasteiger partial charge in [0, 0.05) is 5.69 Å². The molecule has 0 fully saturated rings. The third kappa shape index (κ3) is 3.31. The molecule has 1 aliphatic rings. The van der Waals surface area contributed by atoms with Gasteiger partial charge in [0.15, 0.2) is 6.61 Å². The number of nitrogens with zero attached hydrogens (tertiary/aromatic N) is 2. The Hall–Kier alpha value is -2.13. The molecule has 0 radical (unpaired) electrons. The molecule has 6 nitrogen and oxygen atoms in total. The SMILES string of the molecule is CC(C)Cc1nc(OCC(=O)NN)c(C#N)c2c1CCC2. The molecule has 112 valence electrons. The molecule has 0 bridgehead atoms. The molecule has 2 rings (SSSR count). The van der Waals surface area contributed by atoms with E-state index in [4.69, 9.17) is 10.6 Å². The number of hydrogen-bond donors (Lipinski definition) is 2. The molecule has 21 heavy (non-hydrogen) atoms. The average Bonchev–Trinajstić information content (AvgIpc) is 2.93. The Morgan fingerprint density at radius 3 is 2.81 bits per heavy atom. The van der Waals surface area contributed by atoms with Crippen LogP contribution in [0.2, 0.25) is 0 Å². The van der Waals surface area contributed by atoms with E-state index in [-0.39, 0.29) is 12.5 Å². The Morgan fingerprint density at radius 1 is 1.48 bits per heavy atom. The summed E-state index contributed by atoms with van der Waals surface area (Å²) in [6, 6.07) is 2.17. The second-order valence-corrected chi connectivity index (χ2v) is 5.62. The topological polar surface area (TPSA) is 101 Å². The van der Waals surface area contributed by atoms with Crippen LogP contribution in [-0.2, 0) is 24.1 Å². The van der Waals surface area contributed by atoms with E-state index in [2.05, 4.69) is 24.9 Å². The van der Waals surface area contributed by atoms with Gasteiger partial charge in [-0.05, 0) is 42.7 Å². The van der Waals surface area contributed by atoms with Crippen LogP contribution < -0.4 is 16.0 Å². The fourth-order valence-electron chi connectivity index (χ4n) is 2.66. The minimum Gasteiger partial charge on any atom is -0.467 e. The molecule has 1 amide bonds. The molecule has 1 aromatic heterocycles. The van der Waals surface area contributed by atoms with Gasteiger partial charge in [0.05, 0.1) is 0 Å². The van der Waals surface area contributed by atoms with Crippen LogP contribution in [0.4, 0.5) is 0 Å². The predicted molar refractivity (Wildman–Crippen MR) is 77.3 cm³/mol. The van der Waals surface area contributed by atoms with Gasteiger partial charge >= 0.3 is 0 Å². The number of nitrogens with one attached hydrogen (secondary N) is 1. The lowest BCUT2D eigenvalue weighted by Crippen LogP contribution is -2.34. The lowest BCUT2D eigenvalue weighted by molar-refractivity contribution is -0.123. The number of carbonyl (C=O) groups excluding carboxylic acids is 1. The predicted octanol–water partition coefficient (Wildman–Crippen LogP) is 1.01. The standard InChI is InChI=1S/C15H20N4O2/c1-9(2)6-13-11-5-3-4-10(11)12(7-16)15(18-13)21-8-14(20)19-17/h9H,3-6,8,17H2,1-2H3,(H,19,20). The Morgan fingerprint density at radius 2 is 2.19 bits per heavy atom. The maximum absolute atomic E-state index is 11.2. The van der Waals surface area contributed by atoms with Crippen molar-refractivity contribution >= 4 is 5.91 Å². The van der Waals surface area contributed by atoms with Gasteiger partial charge in [0.1, 0.15) is 11.6 Å². The van der Waals surface area contributed by atoms with Crippen LogP contribution in [0.5, 0.6) is 5.88 Å². The molecule has 0 aromatic carbocycles. The van der Waals surface area contributed by atoms with Gasteiger partial charge in [0.25, 0.3) is 5.91 Å². The number of nitriles is 1. The highest BCUT2D eigenvalue weighted by atomic mass is 16.5. The third-order valence-electron chi connectivity index (χ3n) is 3.53. The van der Waals surface area contributed by atoms with E-state index in [1.807, 2.05) is 5.43 Å². The molecule has 6 heteroatoms. The van der Waals surface area contributed by atoms with E-state index in [0.29, 0.717) is 11.5 Å². The molecule has 0 saturated carbocycles. The number of aromatic nitrogens is 1. The molecule has 0 atom stereocenters. The van der Waals surface area contributed by atoms with E-state index in [9.17, 15) is 10.1 Å². The number of nitrogens with two attached hydrogens (primary N) is 1. The van der Waals surface area contributed by atoms with Gasteiger partial charge in [-0.3, -0.25) is 10.2 Å². The molecular formula is C15H20N4O2. The fraction of sp³-hybridized carbons (Fsp3) is 0.533. The van der Waals surface area contributed by atoms with Gasteiger partial charge in [-0.25, -0.2) is 10.8 Å². The number of carbonyl (C=O) groups is 1. The smallest absolute Gasteiger partial charge is 0.271 e. The summed E-state index contributed by atoms with van der Waals surface area (Å²) in [6.45, 7) is 4.02. The maximum atomic E-state index is 11.2. The molecule has 3 N–H and O–H groups in total. The first-order valence-electron chi connectivity index (χ1n) is 7.13. The Bertz CT molecular complexity index is 590. The van der Waals surface area contributed by atoms with Gasteiger partial charge < -0.3 is 4.74 Å². The van der Waals surface area contributed by atoms with Crippen molar-refractivity contribution in [1.82, 2.24) is 10.4 Å². The summed E-state index contributed by atoms with van der Waals surface area (Å²) in [6.07, 6.45) is 3.70. The lowest BCUT2D eigenvalue weighted by atomic mass is 9.98. The van der Waals surface area contributed by atoms with E-state index < -0.39 is 5.91 Å². The summed E-state index contributed by atoms with van der Waals surface area (Å²) in [5.74, 6) is 5.29. The summed E-state index contributed by atoms with van der Waals surface area (Å²) in [5, 5.41) is 9.38. The van der Waals surface area contributed by atoms with Crippen LogP contribution in [0.1, 0.15) is 42.7 Å². The van der Waals surface area contributed by atoms with E-state index in [1.165, 1.54) is 5.56 Å². The largest absolute Gasteiger partial charge is 0.467 e. The summed E-state index contributed by atoms with van der Waals surface area (Å²) in [4.78, 5) is 15.7. The van der Waals surface area contributed by atoms with Gasteiger partial charge in [-0.1, -0.05) is 13.8 Å². The van der Waals surface area contributed by atoms with Crippen LogP contribution in [0.3, 0.4) is 0 Å². The Labute approximate surface area is 124 Å². The number of hydrogen-bond acceptors (Lipinski definition) is 5. The lowest BCUT2D eigenvalue weighted by Gasteiger charge is -2.15. The molecule has 0 aliphatic heterocycles. The van der Waals surface area contributed by atoms with E-state index >= 15 is 0 Å². The first-order chi connectivity index (χ1) is 10.1. The van der Waals surface area contributed by atoms with E-state index in [1.54, 1.807) is 0 Å². The summed E-state index contributed by atoms with van der Waals surface area (Å²) in [5.41, 5.74) is 5.67. The monoisotopic (exact) mass is 288 g/mol. The highest BCUT2D eigenvalue weighted by molar-refractivity contribution is 5.76. The zero-order valence-corrected chi connectivity index (χ0v) is 12.4.